The molecule has 2 amide bonds. The topological polar surface area (TPSA) is 116 Å². The van der Waals surface area contributed by atoms with Crippen molar-refractivity contribution in [1.82, 2.24) is 20.9 Å². The van der Waals surface area contributed by atoms with Gasteiger partial charge in [-0.2, -0.15) is 0 Å². The molecule has 0 atom stereocenters. The number of nitrogens with one attached hydrogen (secondary N) is 4. The Hall–Kier alpha value is -1.97. The number of amides is 2. The third kappa shape index (κ3) is 5.52. The second-order valence-corrected chi connectivity index (χ2v) is 9.53. The molecule has 2 rings (SSSR count). The van der Waals surface area contributed by atoms with E-state index in [-0.39, 0.29) is 22.0 Å². The molecule has 1 aliphatic heterocycles. The Kier molecular flexibility index (Phi) is 5.74. The number of benzene rings is 1. The lowest BCUT2D eigenvalue weighted by molar-refractivity contribution is -0.140. The van der Waals surface area contributed by atoms with Gasteiger partial charge in [0.2, 0.25) is 0 Å². The molecule has 26 heavy (non-hydrogen) atoms. The van der Waals surface area contributed by atoms with Crippen molar-refractivity contribution in [2.45, 2.75) is 62.6 Å². The smallest absolute Gasteiger partial charge is 0.324 e. The van der Waals surface area contributed by atoms with E-state index in [9.17, 15) is 18.0 Å². The lowest BCUT2D eigenvalue weighted by Crippen LogP contribution is -2.63. The van der Waals surface area contributed by atoms with Crippen molar-refractivity contribution in [3.05, 3.63) is 30.3 Å². The minimum Gasteiger partial charge on any atom is -0.345 e. The zero-order valence-electron chi connectivity index (χ0n) is 15.4. The number of hydrogen-bond acceptors (Lipinski definition) is 5. The van der Waals surface area contributed by atoms with Gasteiger partial charge in [0.25, 0.3) is 10.0 Å². The van der Waals surface area contributed by atoms with Gasteiger partial charge in [0.1, 0.15) is 0 Å². The van der Waals surface area contributed by atoms with Gasteiger partial charge < -0.3 is 10.6 Å². The molecule has 9 heteroatoms. The van der Waals surface area contributed by atoms with Crippen LogP contribution in [0.25, 0.3) is 0 Å². The summed E-state index contributed by atoms with van der Waals surface area (Å²) in [6.45, 7) is 8.12. The first-order valence-electron chi connectivity index (χ1n) is 8.37. The predicted molar refractivity (Wildman–Crippen MR) is 97.4 cm³/mol. The number of hydrazine groups is 1. The summed E-state index contributed by atoms with van der Waals surface area (Å²) in [6, 6.07) is 7.37. The number of carbonyl (C=O) groups excluding carboxylic acids is 2. The Balaban J connectivity index is 1.93. The van der Waals surface area contributed by atoms with Crippen molar-refractivity contribution in [3.63, 3.8) is 0 Å². The van der Waals surface area contributed by atoms with E-state index in [2.05, 4.69) is 10.6 Å². The Morgan fingerprint density at radius 1 is 1.00 bits per heavy atom. The Labute approximate surface area is 154 Å². The highest BCUT2D eigenvalue weighted by atomic mass is 32.2. The minimum atomic E-state index is -3.93. The second kappa shape index (κ2) is 7.34. The van der Waals surface area contributed by atoms with Gasteiger partial charge in [-0.15, -0.1) is 4.83 Å². The summed E-state index contributed by atoms with van der Waals surface area (Å²) in [5.74, 6) is -1.93. The van der Waals surface area contributed by atoms with Gasteiger partial charge in [0, 0.05) is 17.1 Å². The molecule has 1 aromatic carbocycles. The van der Waals surface area contributed by atoms with E-state index >= 15 is 0 Å². The fourth-order valence-corrected chi connectivity index (χ4v) is 4.36. The van der Waals surface area contributed by atoms with Gasteiger partial charge in [-0.25, -0.2) is 8.42 Å². The lowest BCUT2D eigenvalue weighted by Gasteiger charge is -2.46. The molecular formula is C17H26N4O4S. The van der Waals surface area contributed by atoms with Crippen molar-refractivity contribution >= 4 is 21.8 Å². The monoisotopic (exact) mass is 382 g/mol. The zero-order valence-corrected chi connectivity index (χ0v) is 16.2. The largest absolute Gasteiger partial charge is 0.345 e. The van der Waals surface area contributed by atoms with Crippen LogP contribution in [-0.2, 0) is 19.6 Å². The van der Waals surface area contributed by atoms with E-state index in [1.54, 1.807) is 18.2 Å². The van der Waals surface area contributed by atoms with Crippen LogP contribution in [0.1, 0.15) is 40.5 Å². The van der Waals surface area contributed by atoms with Crippen LogP contribution in [0.2, 0.25) is 0 Å². The first-order chi connectivity index (χ1) is 11.9. The molecule has 0 aliphatic carbocycles. The number of sulfonamides is 1. The maximum Gasteiger partial charge on any atom is 0.324 e. The zero-order chi connectivity index (χ0) is 19.6. The summed E-state index contributed by atoms with van der Waals surface area (Å²) in [4.78, 5) is 26.0. The molecule has 0 unspecified atom stereocenters. The molecule has 0 aromatic heterocycles. The maximum atomic E-state index is 12.1. The molecule has 4 N–H and O–H groups in total. The Morgan fingerprint density at radius 3 is 2.08 bits per heavy atom. The first-order valence-corrected chi connectivity index (χ1v) is 9.86. The van der Waals surface area contributed by atoms with Gasteiger partial charge in [0.05, 0.1) is 4.90 Å². The van der Waals surface area contributed by atoms with Crippen LogP contribution in [0.15, 0.2) is 35.2 Å². The Morgan fingerprint density at radius 2 is 1.54 bits per heavy atom. The van der Waals surface area contributed by atoms with Crippen molar-refractivity contribution in [2.24, 2.45) is 0 Å². The van der Waals surface area contributed by atoms with Crippen LogP contribution < -0.4 is 20.9 Å². The van der Waals surface area contributed by atoms with Gasteiger partial charge in [-0.3, -0.25) is 15.0 Å². The summed E-state index contributed by atoms with van der Waals surface area (Å²) in [7, 11) is -3.93. The highest BCUT2D eigenvalue weighted by Crippen LogP contribution is 2.28. The predicted octanol–water partition coefficient (Wildman–Crippen LogP) is 0.422. The summed E-state index contributed by atoms with van der Waals surface area (Å²) in [5.41, 5.74) is 1.57. The average Bonchev–Trinajstić information content (AvgIpc) is 2.50. The molecule has 1 heterocycles. The normalized spacial score (nSPS) is 19.5. The van der Waals surface area contributed by atoms with Crippen molar-refractivity contribution < 1.29 is 18.0 Å². The van der Waals surface area contributed by atoms with Crippen LogP contribution in [0.3, 0.4) is 0 Å². The average molecular weight is 382 g/mol. The molecule has 0 saturated carbocycles. The Bertz CT molecular complexity index is 759. The second-order valence-electron chi connectivity index (χ2n) is 7.84. The number of carbonyl (C=O) groups is 2. The molecule has 8 nitrogen and oxygen atoms in total. The van der Waals surface area contributed by atoms with E-state index in [0.717, 1.165) is 0 Å². The van der Waals surface area contributed by atoms with E-state index in [4.69, 9.17) is 0 Å². The van der Waals surface area contributed by atoms with Gasteiger partial charge in [-0.1, -0.05) is 18.2 Å². The van der Waals surface area contributed by atoms with E-state index in [1.165, 1.54) is 12.1 Å². The van der Waals surface area contributed by atoms with Crippen LogP contribution in [-0.4, -0.2) is 37.4 Å². The van der Waals surface area contributed by atoms with E-state index in [1.807, 2.05) is 38.0 Å². The standard InChI is InChI=1S/C17H26N4O4S/c1-16(2)10-12(11-17(3,4)20-16)18-14(22)15(23)19-21-26(24,25)13-8-6-5-7-9-13/h5-9,12,20-21H,10-11H2,1-4H3,(H,18,22)(H,19,23). The summed E-state index contributed by atoms with van der Waals surface area (Å²) in [5, 5.41) is 6.16. The first kappa shape index (κ1) is 20.3. The van der Waals surface area contributed by atoms with E-state index in [0.29, 0.717) is 12.8 Å². The highest BCUT2D eigenvalue weighted by molar-refractivity contribution is 7.89. The fraction of sp³-hybridized carbons (Fsp3) is 0.529. The lowest BCUT2D eigenvalue weighted by atomic mass is 9.79. The third-order valence-electron chi connectivity index (χ3n) is 4.08. The molecule has 1 fully saturated rings. The van der Waals surface area contributed by atoms with Crippen molar-refractivity contribution in [2.75, 3.05) is 0 Å². The molecule has 0 radical (unpaired) electrons. The number of rotatable bonds is 4. The van der Waals surface area contributed by atoms with Crippen LogP contribution in [0.5, 0.6) is 0 Å². The van der Waals surface area contributed by atoms with Gasteiger partial charge >= 0.3 is 11.8 Å². The third-order valence-corrected chi connectivity index (χ3v) is 5.35. The molecular weight excluding hydrogens is 356 g/mol. The SMILES string of the molecule is CC1(C)CC(NC(=O)C(=O)NNS(=O)(=O)c2ccccc2)CC(C)(C)N1. The maximum absolute atomic E-state index is 12.1. The van der Waals surface area contributed by atoms with Crippen LogP contribution >= 0.6 is 0 Å². The number of piperidine rings is 1. The molecule has 1 saturated heterocycles. The van der Waals surface area contributed by atoms with Crippen LogP contribution in [0, 0.1) is 0 Å². The minimum absolute atomic E-state index is 0.0115. The quantitative estimate of drug-likeness (QED) is 0.445. The van der Waals surface area contributed by atoms with Crippen molar-refractivity contribution in [3.8, 4) is 0 Å². The van der Waals surface area contributed by atoms with E-state index < -0.39 is 21.8 Å². The molecule has 1 aliphatic rings. The van der Waals surface area contributed by atoms with Crippen LogP contribution in [0.4, 0.5) is 0 Å². The van der Waals surface area contributed by atoms with Crippen molar-refractivity contribution in [1.29, 1.82) is 0 Å². The van der Waals surface area contributed by atoms with Gasteiger partial charge in [0.15, 0.2) is 0 Å². The molecule has 144 valence electrons. The number of hydrogen-bond donors (Lipinski definition) is 4. The highest BCUT2D eigenvalue weighted by Gasteiger charge is 2.38. The summed E-state index contributed by atoms with van der Waals surface area (Å²) >= 11 is 0. The fourth-order valence-electron chi connectivity index (χ4n) is 3.50. The molecule has 0 spiro atoms. The summed E-state index contributed by atoms with van der Waals surface area (Å²) < 4.78 is 24.1. The molecule has 1 aromatic rings. The molecule has 0 bridgehead atoms. The van der Waals surface area contributed by atoms with Gasteiger partial charge in [-0.05, 0) is 52.7 Å². The summed E-state index contributed by atoms with van der Waals surface area (Å²) in [6.07, 6.45) is 1.32.